The smallest absolute Gasteiger partial charge is 0.306 e. The predicted molar refractivity (Wildman–Crippen MR) is 85.7 cm³/mol. The number of H-pyrrole nitrogens is 1. The van der Waals surface area contributed by atoms with E-state index in [0.29, 0.717) is 10.7 Å². The zero-order valence-electron chi connectivity index (χ0n) is 12.5. The quantitative estimate of drug-likeness (QED) is 0.686. The number of carboxylic acid groups (broad SMARTS) is 1. The Balaban J connectivity index is 1.66. The number of carboxylic acids is 1. The summed E-state index contributed by atoms with van der Waals surface area (Å²) in [6.07, 6.45) is 0.314. The summed E-state index contributed by atoms with van der Waals surface area (Å²) < 4.78 is 0. The highest BCUT2D eigenvalue weighted by molar-refractivity contribution is 6.32. The maximum Gasteiger partial charge on any atom is 0.306 e. The standard InChI is InChI=1S/C16H17ClN2O4/c1-8-2-9-3-13(19-12(9)4-11(8)17)14(20)18-7-16(23)5-10(6-16)15(21)22/h2-4,10,19,23H,5-7H2,1H3,(H,18,20)(H,21,22). The van der Waals surface area contributed by atoms with Crippen molar-refractivity contribution in [3.05, 3.63) is 34.5 Å². The first-order valence-corrected chi connectivity index (χ1v) is 7.67. The van der Waals surface area contributed by atoms with Gasteiger partial charge in [0.25, 0.3) is 5.91 Å². The van der Waals surface area contributed by atoms with Gasteiger partial charge in [-0.25, -0.2) is 0 Å². The number of aliphatic carboxylic acids is 1. The van der Waals surface area contributed by atoms with Crippen LogP contribution >= 0.6 is 11.6 Å². The molecule has 23 heavy (non-hydrogen) atoms. The summed E-state index contributed by atoms with van der Waals surface area (Å²) in [7, 11) is 0. The molecule has 1 aromatic carbocycles. The van der Waals surface area contributed by atoms with E-state index in [9.17, 15) is 14.7 Å². The van der Waals surface area contributed by atoms with E-state index in [2.05, 4.69) is 10.3 Å². The topological polar surface area (TPSA) is 102 Å². The molecule has 2 aromatic rings. The third-order valence-corrected chi connectivity index (χ3v) is 4.73. The summed E-state index contributed by atoms with van der Waals surface area (Å²) in [5.74, 6) is -1.79. The van der Waals surface area contributed by atoms with Crippen LogP contribution in [-0.4, -0.2) is 39.2 Å². The van der Waals surface area contributed by atoms with Gasteiger partial charge in [0.05, 0.1) is 11.5 Å². The van der Waals surface area contributed by atoms with Crippen LogP contribution in [0.2, 0.25) is 5.02 Å². The van der Waals surface area contributed by atoms with Gasteiger partial charge in [-0.15, -0.1) is 0 Å². The Morgan fingerprint density at radius 3 is 2.74 bits per heavy atom. The number of carbonyl (C=O) groups is 2. The second-order valence-electron chi connectivity index (χ2n) is 6.22. The molecule has 0 unspecified atom stereocenters. The maximum atomic E-state index is 12.2. The highest BCUT2D eigenvalue weighted by Gasteiger charge is 2.46. The number of hydrogen-bond acceptors (Lipinski definition) is 3. The van der Waals surface area contributed by atoms with E-state index >= 15 is 0 Å². The predicted octanol–water partition coefficient (Wildman–Crippen LogP) is 2.09. The molecule has 1 fully saturated rings. The summed E-state index contributed by atoms with van der Waals surface area (Å²) in [6.45, 7) is 1.92. The lowest BCUT2D eigenvalue weighted by Crippen LogP contribution is -2.54. The second-order valence-corrected chi connectivity index (χ2v) is 6.63. The van der Waals surface area contributed by atoms with Gasteiger partial charge in [-0.2, -0.15) is 0 Å². The van der Waals surface area contributed by atoms with E-state index in [0.717, 1.165) is 16.5 Å². The molecule has 4 N–H and O–H groups in total. The molecule has 1 saturated carbocycles. The minimum absolute atomic E-state index is 0.0325. The zero-order valence-corrected chi connectivity index (χ0v) is 13.3. The van der Waals surface area contributed by atoms with Gasteiger partial charge in [0.15, 0.2) is 0 Å². The van der Waals surface area contributed by atoms with Crippen LogP contribution in [0.3, 0.4) is 0 Å². The number of nitrogens with one attached hydrogen (secondary N) is 2. The Morgan fingerprint density at radius 1 is 1.39 bits per heavy atom. The average molecular weight is 337 g/mol. The molecule has 6 nitrogen and oxygen atoms in total. The van der Waals surface area contributed by atoms with Gasteiger partial charge in [0, 0.05) is 22.5 Å². The minimum atomic E-state index is -1.13. The fourth-order valence-corrected chi connectivity index (χ4v) is 3.07. The van der Waals surface area contributed by atoms with Gasteiger partial charge in [0.1, 0.15) is 5.69 Å². The molecule has 122 valence electrons. The first-order chi connectivity index (χ1) is 10.8. The summed E-state index contributed by atoms with van der Waals surface area (Å²) in [5.41, 5.74) is 0.928. The number of amides is 1. The largest absolute Gasteiger partial charge is 0.481 e. The van der Waals surface area contributed by atoms with Gasteiger partial charge in [-0.05, 0) is 43.5 Å². The summed E-state index contributed by atoms with van der Waals surface area (Å²) in [6, 6.07) is 5.38. The third-order valence-electron chi connectivity index (χ3n) is 4.32. The molecule has 0 spiro atoms. The van der Waals surface area contributed by atoms with E-state index in [-0.39, 0.29) is 25.3 Å². The van der Waals surface area contributed by atoms with E-state index in [1.165, 1.54) is 0 Å². The van der Waals surface area contributed by atoms with Crippen LogP contribution < -0.4 is 5.32 Å². The second kappa shape index (κ2) is 5.54. The number of aromatic amines is 1. The number of halogens is 1. The number of rotatable bonds is 4. The van der Waals surface area contributed by atoms with E-state index in [1.54, 1.807) is 12.1 Å². The molecule has 7 heteroatoms. The van der Waals surface area contributed by atoms with Crippen molar-refractivity contribution in [2.45, 2.75) is 25.4 Å². The number of hydrogen-bond donors (Lipinski definition) is 4. The first kappa shape index (κ1) is 15.8. The highest BCUT2D eigenvalue weighted by atomic mass is 35.5. The van der Waals surface area contributed by atoms with Gasteiger partial charge >= 0.3 is 5.97 Å². The molecule has 0 bridgehead atoms. The normalized spacial score (nSPS) is 23.5. The van der Waals surface area contributed by atoms with Crippen LogP contribution in [0.1, 0.15) is 28.9 Å². The minimum Gasteiger partial charge on any atom is -0.481 e. The van der Waals surface area contributed by atoms with Gasteiger partial charge in [0.2, 0.25) is 0 Å². The number of fused-ring (bicyclic) bond motifs is 1. The van der Waals surface area contributed by atoms with E-state index in [1.807, 2.05) is 13.0 Å². The Bertz CT molecular complexity index is 754. The van der Waals surface area contributed by atoms with Crippen molar-refractivity contribution in [1.29, 1.82) is 0 Å². The third kappa shape index (κ3) is 3.04. The van der Waals surface area contributed by atoms with Crippen LogP contribution in [0.4, 0.5) is 0 Å². The van der Waals surface area contributed by atoms with Crippen molar-refractivity contribution in [2.75, 3.05) is 6.54 Å². The van der Waals surface area contributed by atoms with Crippen molar-refractivity contribution >= 4 is 34.4 Å². The van der Waals surface area contributed by atoms with Crippen molar-refractivity contribution in [1.82, 2.24) is 10.3 Å². The Hall–Kier alpha value is -2.05. The lowest BCUT2D eigenvalue weighted by atomic mass is 9.71. The van der Waals surface area contributed by atoms with Crippen molar-refractivity contribution in [3.8, 4) is 0 Å². The monoisotopic (exact) mass is 336 g/mol. The molecule has 1 aromatic heterocycles. The molecule has 0 radical (unpaired) electrons. The molecule has 0 saturated heterocycles. The van der Waals surface area contributed by atoms with Crippen molar-refractivity contribution in [2.24, 2.45) is 5.92 Å². The maximum absolute atomic E-state index is 12.2. The molecule has 1 heterocycles. The SMILES string of the molecule is Cc1cc2cc(C(=O)NCC3(O)CC(C(=O)O)C3)[nH]c2cc1Cl. The lowest BCUT2D eigenvalue weighted by molar-refractivity contribution is -0.157. The number of carbonyl (C=O) groups excluding carboxylic acids is 1. The fourth-order valence-electron chi connectivity index (χ4n) is 2.91. The van der Waals surface area contributed by atoms with Crippen LogP contribution in [0.5, 0.6) is 0 Å². The van der Waals surface area contributed by atoms with Crippen molar-refractivity contribution in [3.63, 3.8) is 0 Å². The molecule has 1 aliphatic carbocycles. The molecular formula is C16H17ClN2O4. The zero-order chi connectivity index (χ0) is 16.8. The Labute approximate surface area is 137 Å². The summed E-state index contributed by atoms with van der Waals surface area (Å²) in [5, 5.41) is 23.1. The van der Waals surface area contributed by atoms with Gasteiger partial charge in [-0.3, -0.25) is 9.59 Å². The summed E-state index contributed by atoms with van der Waals surface area (Å²) in [4.78, 5) is 25.9. The highest BCUT2D eigenvalue weighted by Crippen LogP contribution is 2.37. The van der Waals surface area contributed by atoms with E-state index < -0.39 is 17.5 Å². The molecule has 3 rings (SSSR count). The number of aromatic nitrogens is 1. The van der Waals surface area contributed by atoms with Crippen LogP contribution in [0.15, 0.2) is 18.2 Å². The lowest BCUT2D eigenvalue weighted by Gasteiger charge is -2.41. The first-order valence-electron chi connectivity index (χ1n) is 7.30. The number of benzene rings is 1. The molecule has 0 atom stereocenters. The fraction of sp³-hybridized carbons (Fsp3) is 0.375. The van der Waals surface area contributed by atoms with Gasteiger partial charge in [-0.1, -0.05) is 11.6 Å². The average Bonchev–Trinajstić information content (AvgIpc) is 2.85. The summed E-state index contributed by atoms with van der Waals surface area (Å²) >= 11 is 6.06. The number of aliphatic hydroxyl groups is 1. The van der Waals surface area contributed by atoms with Gasteiger partial charge < -0.3 is 20.5 Å². The molecular weight excluding hydrogens is 320 g/mol. The van der Waals surface area contributed by atoms with Crippen LogP contribution in [0, 0.1) is 12.8 Å². The Kier molecular flexibility index (Phi) is 3.82. The van der Waals surface area contributed by atoms with Crippen molar-refractivity contribution < 1.29 is 19.8 Å². The van der Waals surface area contributed by atoms with Crippen LogP contribution in [0.25, 0.3) is 10.9 Å². The molecule has 0 aliphatic heterocycles. The molecule has 1 aliphatic rings. The Morgan fingerprint density at radius 2 is 2.09 bits per heavy atom. The van der Waals surface area contributed by atoms with Crippen LogP contribution in [-0.2, 0) is 4.79 Å². The number of aryl methyl sites for hydroxylation is 1. The van der Waals surface area contributed by atoms with E-state index in [4.69, 9.17) is 16.7 Å². The molecule has 1 amide bonds.